The predicted octanol–water partition coefficient (Wildman–Crippen LogP) is 3.48. The second kappa shape index (κ2) is 6.13. The van der Waals surface area contributed by atoms with Crippen LogP contribution in [0.4, 0.5) is 0 Å². The first-order chi connectivity index (χ1) is 7.15. The van der Waals surface area contributed by atoms with E-state index >= 15 is 0 Å². The summed E-state index contributed by atoms with van der Waals surface area (Å²) in [4.78, 5) is 0. The molecular weight excluding hydrogens is 256 g/mol. The van der Waals surface area contributed by atoms with Crippen LogP contribution in [0.15, 0.2) is 16.6 Å². The molecule has 3 heteroatoms. The first kappa shape index (κ1) is 12.5. The molecule has 2 nitrogen and oxygen atoms in total. The zero-order chi connectivity index (χ0) is 11.3. The number of ether oxygens (including phenoxy) is 2. The van der Waals surface area contributed by atoms with Crippen LogP contribution in [0.2, 0.25) is 0 Å². The van der Waals surface area contributed by atoms with E-state index in [4.69, 9.17) is 9.47 Å². The Kier molecular flexibility index (Phi) is 5.12. The lowest BCUT2D eigenvalue weighted by Gasteiger charge is -2.11. The summed E-state index contributed by atoms with van der Waals surface area (Å²) in [7, 11) is 0. The van der Waals surface area contributed by atoms with Crippen molar-refractivity contribution in [3.05, 3.63) is 27.7 Å². The van der Waals surface area contributed by atoms with Gasteiger partial charge in [-0.25, -0.2) is 0 Å². The molecule has 1 aromatic carbocycles. The summed E-state index contributed by atoms with van der Waals surface area (Å²) in [6.45, 7) is 8.07. The fourth-order valence-electron chi connectivity index (χ4n) is 1.26. The SMILES string of the molecule is CCOCCOc1cc(C)c(Br)cc1C. The second-order valence-corrected chi connectivity index (χ2v) is 4.27. The zero-order valence-electron chi connectivity index (χ0n) is 9.47. The maximum atomic E-state index is 5.63. The average molecular weight is 273 g/mol. The molecule has 15 heavy (non-hydrogen) atoms. The maximum absolute atomic E-state index is 5.63. The molecule has 0 saturated carbocycles. The second-order valence-electron chi connectivity index (χ2n) is 3.41. The Morgan fingerprint density at radius 3 is 2.53 bits per heavy atom. The highest BCUT2D eigenvalue weighted by molar-refractivity contribution is 9.10. The lowest BCUT2D eigenvalue weighted by Crippen LogP contribution is -2.07. The fourth-order valence-corrected chi connectivity index (χ4v) is 1.72. The zero-order valence-corrected chi connectivity index (χ0v) is 11.1. The van der Waals surface area contributed by atoms with Gasteiger partial charge in [-0.3, -0.25) is 0 Å². The Morgan fingerprint density at radius 2 is 1.87 bits per heavy atom. The molecule has 0 aromatic heterocycles. The van der Waals surface area contributed by atoms with Crippen LogP contribution in [0, 0.1) is 13.8 Å². The summed E-state index contributed by atoms with van der Waals surface area (Å²) in [6, 6.07) is 4.12. The summed E-state index contributed by atoms with van der Waals surface area (Å²) in [5.41, 5.74) is 2.33. The van der Waals surface area contributed by atoms with Gasteiger partial charge >= 0.3 is 0 Å². The van der Waals surface area contributed by atoms with Crippen LogP contribution in [0.3, 0.4) is 0 Å². The molecule has 0 aliphatic carbocycles. The van der Waals surface area contributed by atoms with Gasteiger partial charge in [0.2, 0.25) is 0 Å². The lowest BCUT2D eigenvalue weighted by atomic mass is 10.1. The van der Waals surface area contributed by atoms with Gasteiger partial charge in [0.05, 0.1) is 6.61 Å². The Bertz CT molecular complexity index is 324. The van der Waals surface area contributed by atoms with Crippen LogP contribution < -0.4 is 4.74 Å². The number of hydrogen-bond acceptors (Lipinski definition) is 2. The van der Waals surface area contributed by atoms with E-state index in [0.29, 0.717) is 13.2 Å². The molecule has 0 heterocycles. The molecule has 0 N–H and O–H groups in total. The van der Waals surface area contributed by atoms with Crippen molar-refractivity contribution in [1.82, 2.24) is 0 Å². The average Bonchev–Trinajstić information content (AvgIpc) is 2.20. The normalized spacial score (nSPS) is 10.4. The molecule has 1 rings (SSSR count). The van der Waals surface area contributed by atoms with E-state index in [-0.39, 0.29) is 0 Å². The number of aryl methyl sites for hydroxylation is 2. The standard InChI is InChI=1S/C12H17BrO2/c1-4-14-5-6-15-12-8-9(2)11(13)7-10(12)3/h7-8H,4-6H2,1-3H3. The molecule has 0 bridgehead atoms. The third-order valence-corrected chi connectivity index (χ3v) is 3.00. The minimum absolute atomic E-state index is 0.607. The Balaban J connectivity index is 2.57. The molecule has 0 aliphatic rings. The van der Waals surface area contributed by atoms with E-state index in [1.54, 1.807) is 0 Å². The highest BCUT2D eigenvalue weighted by atomic mass is 79.9. The number of hydrogen-bond donors (Lipinski definition) is 0. The van der Waals surface area contributed by atoms with Crippen molar-refractivity contribution in [3.8, 4) is 5.75 Å². The van der Waals surface area contributed by atoms with Crippen molar-refractivity contribution < 1.29 is 9.47 Å². The van der Waals surface area contributed by atoms with Crippen molar-refractivity contribution in [3.63, 3.8) is 0 Å². The molecule has 0 unspecified atom stereocenters. The minimum Gasteiger partial charge on any atom is -0.491 e. The Labute approximate surface area is 99.7 Å². The third-order valence-electron chi connectivity index (χ3n) is 2.15. The van der Waals surface area contributed by atoms with Crippen LogP contribution >= 0.6 is 15.9 Å². The Hall–Kier alpha value is -0.540. The van der Waals surface area contributed by atoms with E-state index in [1.807, 2.05) is 19.9 Å². The quantitative estimate of drug-likeness (QED) is 0.765. The molecule has 1 aromatic rings. The smallest absolute Gasteiger partial charge is 0.122 e. The number of rotatable bonds is 5. The van der Waals surface area contributed by atoms with E-state index in [2.05, 4.69) is 28.9 Å². The molecule has 0 amide bonds. The largest absolute Gasteiger partial charge is 0.491 e. The summed E-state index contributed by atoms with van der Waals surface area (Å²) in [5, 5.41) is 0. The number of benzene rings is 1. The van der Waals surface area contributed by atoms with Gasteiger partial charge in [0.1, 0.15) is 12.4 Å². The summed E-state index contributed by atoms with van der Waals surface area (Å²) >= 11 is 3.49. The van der Waals surface area contributed by atoms with Crippen molar-refractivity contribution in [2.45, 2.75) is 20.8 Å². The maximum Gasteiger partial charge on any atom is 0.122 e. The van der Waals surface area contributed by atoms with Gasteiger partial charge in [-0.1, -0.05) is 15.9 Å². The van der Waals surface area contributed by atoms with Crippen LogP contribution in [-0.2, 0) is 4.74 Å². The molecule has 0 aliphatic heterocycles. The van der Waals surface area contributed by atoms with Gasteiger partial charge < -0.3 is 9.47 Å². The first-order valence-corrected chi connectivity index (χ1v) is 5.91. The monoisotopic (exact) mass is 272 g/mol. The van der Waals surface area contributed by atoms with Crippen molar-refractivity contribution in [2.75, 3.05) is 19.8 Å². The van der Waals surface area contributed by atoms with Crippen LogP contribution in [0.1, 0.15) is 18.1 Å². The van der Waals surface area contributed by atoms with E-state index in [1.165, 1.54) is 5.56 Å². The lowest BCUT2D eigenvalue weighted by molar-refractivity contribution is 0.110. The van der Waals surface area contributed by atoms with Gasteiger partial charge in [-0.2, -0.15) is 0 Å². The highest BCUT2D eigenvalue weighted by Gasteiger charge is 2.03. The van der Waals surface area contributed by atoms with Crippen molar-refractivity contribution in [2.24, 2.45) is 0 Å². The number of halogens is 1. The molecule has 0 fully saturated rings. The van der Waals surface area contributed by atoms with Gasteiger partial charge in [-0.05, 0) is 44.0 Å². The van der Waals surface area contributed by atoms with Gasteiger partial charge in [0.15, 0.2) is 0 Å². The molecular formula is C12H17BrO2. The first-order valence-electron chi connectivity index (χ1n) is 5.12. The summed E-state index contributed by atoms with van der Waals surface area (Å²) in [5.74, 6) is 0.940. The molecule has 0 radical (unpaired) electrons. The van der Waals surface area contributed by atoms with Gasteiger partial charge in [0, 0.05) is 11.1 Å². The summed E-state index contributed by atoms with van der Waals surface area (Å²) in [6.07, 6.45) is 0. The Morgan fingerprint density at radius 1 is 1.13 bits per heavy atom. The fraction of sp³-hybridized carbons (Fsp3) is 0.500. The van der Waals surface area contributed by atoms with Crippen LogP contribution in [0.25, 0.3) is 0 Å². The molecule has 0 saturated heterocycles. The van der Waals surface area contributed by atoms with E-state index in [0.717, 1.165) is 22.4 Å². The van der Waals surface area contributed by atoms with Crippen molar-refractivity contribution in [1.29, 1.82) is 0 Å². The van der Waals surface area contributed by atoms with E-state index in [9.17, 15) is 0 Å². The molecule has 84 valence electrons. The van der Waals surface area contributed by atoms with Crippen LogP contribution in [0.5, 0.6) is 5.75 Å². The van der Waals surface area contributed by atoms with Crippen LogP contribution in [-0.4, -0.2) is 19.8 Å². The highest BCUT2D eigenvalue weighted by Crippen LogP contribution is 2.26. The molecule has 0 spiro atoms. The van der Waals surface area contributed by atoms with Gasteiger partial charge in [-0.15, -0.1) is 0 Å². The predicted molar refractivity (Wildman–Crippen MR) is 65.6 cm³/mol. The third kappa shape index (κ3) is 3.84. The minimum atomic E-state index is 0.607. The van der Waals surface area contributed by atoms with E-state index < -0.39 is 0 Å². The molecule has 0 atom stereocenters. The topological polar surface area (TPSA) is 18.5 Å². The van der Waals surface area contributed by atoms with Crippen molar-refractivity contribution >= 4 is 15.9 Å². The summed E-state index contributed by atoms with van der Waals surface area (Å²) < 4.78 is 12.0. The van der Waals surface area contributed by atoms with Gasteiger partial charge in [0.25, 0.3) is 0 Å².